The van der Waals surface area contributed by atoms with Crippen LogP contribution in [0.4, 0.5) is 10.9 Å². The van der Waals surface area contributed by atoms with Crippen molar-refractivity contribution in [2.24, 2.45) is 0 Å². The Labute approximate surface area is 132 Å². The molecule has 0 fully saturated rings. The highest BCUT2D eigenvalue weighted by Crippen LogP contribution is 2.25. The molecule has 2 aromatic heterocycles. The van der Waals surface area contributed by atoms with Gasteiger partial charge in [0.2, 0.25) is 0 Å². The minimum absolute atomic E-state index is 0.00222. The third kappa shape index (κ3) is 4.05. The largest absolute Gasteiger partial charge is 0.369 e. The number of nitrogens with one attached hydrogen (secondary N) is 2. The highest BCUT2D eigenvalue weighted by atomic mass is 35.5. The van der Waals surface area contributed by atoms with Crippen LogP contribution in [0.15, 0.2) is 22.5 Å². The SMILES string of the molecule is CCCNc1ncc(S(=O)(=O)Nc2nc(C)cs2)cc1Cl. The molecule has 0 spiro atoms. The lowest BCUT2D eigenvalue weighted by molar-refractivity contribution is 0.601. The summed E-state index contributed by atoms with van der Waals surface area (Å²) in [6, 6.07) is 1.37. The van der Waals surface area contributed by atoms with E-state index in [4.69, 9.17) is 11.6 Å². The summed E-state index contributed by atoms with van der Waals surface area (Å²) in [6.07, 6.45) is 2.19. The van der Waals surface area contributed by atoms with Crippen molar-refractivity contribution in [3.8, 4) is 0 Å². The molecular formula is C12H15ClN4O2S2. The molecule has 21 heavy (non-hydrogen) atoms. The average molecular weight is 347 g/mol. The van der Waals surface area contributed by atoms with Gasteiger partial charge in [-0.3, -0.25) is 4.72 Å². The molecule has 0 atom stereocenters. The van der Waals surface area contributed by atoms with Gasteiger partial charge in [0.05, 0.1) is 10.7 Å². The summed E-state index contributed by atoms with van der Waals surface area (Å²) in [4.78, 5) is 8.12. The van der Waals surface area contributed by atoms with Gasteiger partial charge < -0.3 is 5.32 Å². The van der Waals surface area contributed by atoms with Crippen LogP contribution in [0.25, 0.3) is 0 Å². The fourth-order valence-electron chi connectivity index (χ4n) is 1.52. The van der Waals surface area contributed by atoms with Crippen LogP contribution in [-0.2, 0) is 10.0 Å². The molecule has 0 saturated heterocycles. The Morgan fingerprint density at radius 3 is 2.76 bits per heavy atom. The van der Waals surface area contributed by atoms with Crippen LogP contribution >= 0.6 is 22.9 Å². The van der Waals surface area contributed by atoms with Crippen molar-refractivity contribution in [2.75, 3.05) is 16.6 Å². The number of thiazole rings is 1. The van der Waals surface area contributed by atoms with Gasteiger partial charge in [-0.05, 0) is 19.4 Å². The zero-order chi connectivity index (χ0) is 15.5. The van der Waals surface area contributed by atoms with E-state index in [9.17, 15) is 8.42 Å². The number of rotatable bonds is 6. The molecule has 0 aliphatic heterocycles. The van der Waals surface area contributed by atoms with E-state index in [1.807, 2.05) is 6.92 Å². The van der Waals surface area contributed by atoms with E-state index in [2.05, 4.69) is 20.0 Å². The molecule has 2 rings (SSSR count). The molecule has 0 amide bonds. The molecule has 0 unspecified atom stereocenters. The topological polar surface area (TPSA) is 84.0 Å². The summed E-state index contributed by atoms with van der Waals surface area (Å²) in [5.41, 5.74) is 0.757. The minimum Gasteiger partial charge on any atom is -0.369 e. The maximum atomic E-state index is 12.2. The van der Waals surface area contributed by atoms with E-state index in [0.29, 0.717) is 10.9 Å². The second-order valence-corrected chi connectivity index (χ2v) is 7.28. The first-order valence-electron chi connectivity index (χ1n) is 6.26. The Kier molecular flexibility index (Phi) is 5.02. The number of pyridine rings is 1. The first-order valence-corrected chi connectivity index (χ1v) is 9.01. The van der Waals surface area contributed by atoms with Gasteiger partial charge in [-0.25, -0.2) is 18.4 Å². The number of hydrogen-bond donors (Lipinski definition) is 2. The zero-order valence-electron chi connectivity index (χ0n) is 11.6. The van der Waals surface area contributed by atoms with Crippen molar-refractivity contribution in [1.82, 2.24) is 9.97 Å². The molecule has 114 valence electrons. The number of aryl methyl sites for hydroxylation is 1. The van der Waals surface area contributed by atoms with Gasteiger partial charge in [0.1, 0.15) is 10.7 Å². The zero-order valence-corrected chi connectivity index (χ0v) is 13.9. The maximum absolute atomic E-state index is 12.2. The van der Waals surface area contributed by atoms with Crippen LogP contribution in [0.1, 0.15) is 19.0 Å². The lowest BCUT2D eigenvalue weighted by Gasteiger charge is -2.09. The quantitative estimate of drug-likeness (QED) is 0.839. The monoisotopic (exact) mass is 346 g/mol. The molecule has 9 heteroatoms. The molecule has 0 aliphatic rings. The van der Waals surface area contributed by atoms with Crippen LogP contribution in [-0.4, -0.2) is 24.9 Å². The van der Waals surface area contributed by atoms with Crippen molar-refractivity contribution in [3.05, 3.63) is 28.4 Å². The van der Waals surface area contributed by atoms with Crippen LogP contribution < -0.4 is 10.0 Å². The predicted molar refractivity (Wildman–Crippen MR) is 85.7 cm³/mol. The number of sulfonamides is 1. The summed E-state index contributed by atoms with van der Waals surface area (Å²) in [5.74, 6) is 0.475. The molecule has 2 aromatic rings. The Hall–Kier alpha value is -1.38. The van der Waals surface area contributed by atoms with Crippen molar-refractivity contribution in [3.63, 3.8) is 0 Å². The van der Waals surface area contributed by atoms with Crippen molar-refractivity contribution >= 4 is 43.9 Å². The van der Waals surface area contributed by atoms with Gasteiger partial charge in [0.15, 0.2) is 5.13 Å². The lowest BCUT2D eigenvalue weighted by Crippen LogP contribution is -2.13. The summed E-state index contributed by atoms with van der Waals surface area (Å²) in [6.45, 7) is 4.52. The summed E-state index contributed by atoms with van der Waals surface area (Å²) < 4.78 is 26.9. The van der Waals surface area contributed by atoms with E-state index >= 15 is 0 Å². The highest BCUT2D eigenvalue weighted by Gasteiger charge is 2.18. The molecule has 0 aromatic carbocycles. The van der Waals surface area contributed by atoms with E-state index in [1.165, 1.54) is 23.6 Å². The van der Waals surface area contributed by atoms with Crippen LogP contribution in [0.3, 0.4) is 0 Å². The number of halogens is 1. The van der Waals surface area contributed by atoms with Crippen molar-refractivity contribution in [2.45, 2.75) is 25.2 Å². The Bertz CT molecular complexity index is 731. The van der Waals surface area contributed by atoms with Crippen LogP contribution in [0, 0.1) is 6.92 Å². The molecule has 6 nitrogen and oxygen atoms in total. The molecular weight excluding hydrogens is 332 g/mol. The fraction of sp³-hybridized carbons (Fsp3) is 0.333. The maximum Gasteiger partial charge on any atom is 0.265 e. The Balaban J connectivity index is 2.22. The van der Waals surface area contributed by atoms with Crippen LogP contribution in [0.5, 0.6) is 0 Å². The first-order chi connectivity index (χ1) is 9.92. The number of anilines is 2. The van der Waals surface area contributed by atoms with E-state index in [1.54, 1.807) is 12.3 Å². The standard InChI is InChI=1S/C12H15ClN4O2S2/c1-3-4-14-11-10(13)5-9(6-15-11)21(18,19)17-12-16-8(2)7-20-12/h5-7H,3-4H2,1-2H3,(H,14,15)(H,16,17). The van der Waals surface area contributed by atoms with Gasteiger partial charge in [-0.2, -0.15) is 0 Å². The third-order valence-corrected chi connectivity index (χ3v) is 5.11. The second-order valence-electron chi connectivity index (χ2n) is 4.33. The Morgan fingerprint density at radius 1 is 1.43 bits per heavy atom. The number of hydrogen-bond acceptors (Lipinski definition) is 6. The van der Waals surface area contributed by atoms with Crippen LogP contribution in [0.2, 0.25) is 5.02 Å². The van der Waals surface area contributed by atoms with Crippen molar-refractivity contribution in [1.29, 1.82) is 0 Å². The summed E-state index contributed by atoms with van der Waals surface area (Å²) >= 11 is 7.27. The minimum atomic E-state index is -3.74. The molecule has 0 bridgehead atoms. The Morgan fingerprint density at radius 2 is 2.19 bits per heavy atom. The second kappa shape index (κ2) is 6.59. The van der Waals surface area contributed by atoms with Gasteiger partial charge in [0.25, 0.3) is 10.0 Å². The van der Waals surface area contributed by atoms with E-state index in [0.717, 1.165) is 18.7 Å². The van der Waals surface area contributed by atoms with E-state index < -0.39 is 10.0 Å². The number of aromatic nitrogens is 2. The average Bonchev–Trinajstić information content (AvgIpc) is 2.82. The van der Waals surface area contributed by atoms with Gasteiger partial charge in [0, 0.05) is 18.1 Å². The molecule has 0 aliphatic carbocycles. The molecule has 0 saturated carbocycles. The van der Waals surface area contributed by atoms with Gasteiger partial charge >= 0.3 is 0 Å². The third-order valence-electron chi connectivity index (χ3n) is 2.51. The van der Waals surface area contributed by atoms with Gasteiger partial charge in [-0.15, -0.1) is 11.3 Å². The smallest absolute Gasteiger partial charge is 0.265 e. The normalized spacial score (nSPS) is 11.4. The fourth-order valence-corrected chi connectivity index (χ4v) is 3.72. The predicted octanol–water partition coefficient (Wildman–Crippen LogP) is 3.12. The summed E-state index contributed by atoms with van der Waals surface area (Å²) in [5, 5.41) is 5.37. The highest BCUT2D eigenvalue weighted by molar-refractivity contribution is 7.93. The molecule has 2 N–H and O–H groups in total. The van der Waals surface area contributed by atoms with E-state index in [-0.39, 0.29) is 9.92 Å². The molecule has 2 heterocycles. The lowest BCUT2D eigenvalue weighted by atomic mass is 10.4. The molecule has 0 radical (unpaired) electrons. The summed E-state index contributed by atoms with van der Waals surface area (Å²) in [7, 11) is -3.74. The first kappa shape index (κ1) is 16.0. The van der Waals surface area contributed by atoms with Crippen molar-refractivity contribution < 1.29 is 8.42 Å². The van der Waals surface area contributed by atoms with Gasteiger partial charge in [-0.1, -0.05) is 18.5 Å². The number of nitrogens with zero attached hydrogens (tertiary/aromatic N) is 2.